The largest absolute Gasteiger partial charge is 0.376 e. The SMILES string of the molecule is CN(CC1CCCCO1)C(=O)c1cccc(Br)c1. The number of benzene rings is 1. The Bertz CT molecular complexity index is 416. The summed E-state index contributed by atoms with van der Waals surface area (Å²) >= 11 is 3.38. The Morgan fingerprint density at radius 2 is 2.33 bits per heavy atom. The fraction of sp³-hybridized carbons (Fsp3) is 0.500. The van der Waals surface area contributed by atoms with Gasteiger partial charge in [0.05, 0.1) is 6.10 Å². The van der Waals surface area contributed by atoms with E-state index in [0.29, 0.717) is 12.1 Å². The van der Waals surface area contributed by atoms with Crippen molar-refractivity contribution in [1.82, 2.24) is 4.90 Å². The van der Waals surface area contributed by atoms with Crippen LogP contribution in [0.4, 0.5) is 0 Å². The lowest BCUT2D eigenvalue weighted by Crippen LogP contribution is -2.37. The molecule has 1 aliphatic rings. The van der Waals surface area contributed by atoms with Crippen molar-refractivity contribution in [3.8, 4) is 0 Å². The lowest BCUT2D eigenvalue weighted by Gasteiger charge is -2.27. The third-order valence-corrected chi connectivity index (χ3v) is 3.66. The quantitative estimate of drug-likeness (QED) is 0.858. The first-order chi connectivity index (χ1) is 8.66. The third-order valence-electron chi connectivity index (χ3n) is 3.17. The van der Waals surface area contributed by atoms with Crippen molar-refractivity contribution < 1.29 is 9.53 Å². The number of carbonyl (C=O) groups excluding carboxylic acids is 1. The number of halogens is 1. The fourth-order valence-corrected chi connectivity index (χ4v) is 2.58. The monoisotopic (exact) mass is 311 g/mol. The topological polar surface area (TPSA) is 29.5 Å². The van der Waals surface area contributed by atoms with Gasteiger partial charge in [0.15, 0.2) is 0 Å². The van der Waals surface area contributed by atoms with E-state index in [4.69, 9.17) is 4.74 Å². The second-order valence-electron chi connectivity index (χ2n) is 4.68. The molecule has 0 N–H and O–H groups in total. The zero-order valence-electron chi connectivity index (χ0n) is 10.6. The first kappa shape index (κ1) is 13.6. The van der Waals surface area contributed by atoms with E-state index in [9.17, 15) is 4.79 Å². The van der Waals surface area contributed by atoms with Gasteiger partial charge >= 0.3 is 0 Å². The number of carbonyl (C=O) groups is 1. The van der Waals surface area contributed by atoms with Crippen molar-refractivity contribution in [2.75, 3.05) is 20.2 Å². The van der Waals surface area contributed by atoms with Crippen LogP contribution in [0.3, 0.4) is 0 Å². The average molecular weight is 312 g/mol. The predicted molar refractivity (Wildman–Crippen MR) is 74.7 cm³/mol. The Morgan fingerprint density at radius 1 is 1.50 bits per heavy atom. The number of rotatable bonds is 3. The maximum Gasteiger partial charge on any atom is 0.253 e. The number of hydrogen-bond acceptors (Lipinski definition) is 2. The van der Waals surface area contributed by atoms with E-state index in [1.807, 2.05) is 31.3 Å². The molecule has 0 aromatic heterocycles. The lowest BCUT2D eigenvalue weighted by atomic mass is 10.1. The van der Waals surface area contributed by atoms with Gasteiger partial charge in [-0.05, 0) is 37.5 Å². The van der Waals surface area contributed by atoms with Crippen LogP contribution >= 0.6 is 15.9 Å². The van der Waals surface area contributed by atoms with E-state index in [-0.39, 0.29) is 12.0 Å². The predicted octanol–water partition coefficient (Wildman–Crippen LogP) is 3.09. The standard InChI is InChI=1S/C14H18BrNO2/c1-16(10-13-7-2-3-8-18-13)14(17)11-5-4-6-12(15)9-11/h4-6,9,13H,2-3,7-8,10H2,1H3. The molecule has 2 rings (SSSR count). The molecular weight excluding hydrogens is 294 g/mol. The van der Waals surface area contributed by atoms with E-state index >= 15 is 0 Å². The van der Waals surface area contributed by atoms with E-state index < -0.39 is 0 Å². The van der Waals surface area contributed by atoms with Crippen LogP contribution in [0, 0.1) is 0 Å². The zero-order chi connectivity index (χ0) is 13.0. The highest BCUT2D eigenvalue weighted by atomic mass is 79.9. The lowest BCUT2D eigenvalue weighted by molar-refractivity contribution is -0.000188. The Kier molecular flexibility index (Phi) is 4.78. The first-order valence-electron chi connectivity index (χ1n) is 6.29. The van der Waals surface area contributed by atoms with Crippen molar-refractivity contribution in [2.45, 2.75) is 25.4 Å². The van der Waals surface area contributed by atoms with Gasteiger partial charge in [-0.3, -0.25) is 4.79 Å². The summed E-state index contributed by atoms with van der Waals surface area (Å²) in [5.74, 6) is 0.0467. The smallest absolute Gasteiger partial charge is 0.253 e. The highest BCUT2D eigenvalue weighted by Crippen LogP contribution is 2.16. The molecule has 1 amide bonds. The van der Waals surface area contributed by atoms with Crippen LogP contribution in [0.15, 0.2) is 28.7 Å². The van der Waals surface area contributed by atoms with Gasteiger partial charge in [-0.15, -0.1) is 0 Å². The molecule has 1 aromatic carbocycles. The van der Waals surface area contributed by atoms with Crippen LogP contribution in [-0.4, -0.2) is 37.1 Å². The van der Waals surface area contributed by atoms with E-state index in [1.54, 1.807) is 4.90 Å². The molecule has 1 unspecified atom stereocenters. The molecule has 1 heterocycles. The van der Waals surface area contributed by atoms with Crippen LogP contribution in [-0.2, 0) is 4.74 Å². The summed E-state index contributed by atoms with van der Waals surface area (Å²) in [6.07, 6.45) is 3.58. The molecule has 1 saturated heterocycles. The molecule has 1 fully saturated rings. The maximum absolute atomic E-state index is 12.2. The molecule has 3 nitrogen and oxygen atoms in total. The minimum Gasteiger partial charge on any atom is -0.376 e. The van der Waals surface area contributed by atoms with Crippen LogP contribution in [0.2, 0.25) is 0 Å². The Labute approximate surface area is 116 Å². The van der Waals surface area contributed by atoms with Gasteiger partial charge in [0.1, 0.15) is 0 Å². The molecule has 0 spiro atoms. The molecule has 4 heteroatoms. The van der Waals surface area contributed by atoms with Gasteiger partial charge in [-0.25, -0.2) is 0 Å². The Morgan fingerprint density at radius 3 is 3.00 bits per heavy atom. The summed E-state index contributed by atoms with van der Waals surface area (Å²) in [4.78, 5) is 14.0. The van der Waals surface area contributed by atoms with Crippen LogP contribution in [0.5, 0.6) is 0 Å². The van der Waals surface area contributed by atoms with E-state index in [2.05, 4.69) is 15.9 Å². The molecule has 18 heavy (non-hydrogen) atoms. The summed E-state index contributed by atoms with van der Waals surface area (Å²) in [6, 6.07) is 7.48. The summed E-state index contributed by atoms with van der Waals surface area (Å²) in [6.45, 7) is 1.49. The third kappa shape index (κ3) is 3.56. The maximum atomic E-state index is 12.2. The molecule has 0 bridgehead atoms. The number of amides is 1. The van der Waals surface area contributed by atoms with E-state index in [0.717, 1.165) is 23.9 Å². The molecule has 0 radical (unpaired) electrons. The first-order valence-corrected chi connectivity index (χ1v) is 7.09. The fourth-order valence-electron chi connectivity index (χ4n) is 2.18. The number of hydrogen-bond donors (Lipinski definition) is 0. The average Bonchev–Trinajstić information content (AvgIpc) is 2.39. The Hall–Kier alpha value is -0.870. The van der Waals surface area contributed by atoms with Gasteiger partial charge in [0.2, 0.25) is 0 Å². The molecule has 1 aliphatic heterocycles. The van der Waals surface area contributed by atoms with Crippen molar-refractivity contribution >= 4 is 21.8 Å². The van der Waals surface area contributed by atoms with Crippen LogP contribution < -0.4 is 0 Å². The number of likely N-dealkylation sites (N-methyl/N-ethyl adjacent to an activating group) is 1. The number of ether oxygens (including phenoxy) is 1. The van der Waals surface area contributed by atoms with Crippen LogP contribution in [0.25, 0.3) is 0 Å². The van der Waals surface area contributed by atoms with Crippen molar-refractivity contribution in [2.24, 2.45) is 0 Å². The minimum atomic E-state index is 0.0467. The van der Waals surface area contributed by atoms with Crippen LogP contribution in [0.1, 0.15) is 29.6 Å². The van der Waals surface area contributed by atoms with E-state index in [1.165, 1.54) is 6.42 Å². The molecule has 0 saturated carbocycles. The summed E-state index contributed by atoms with van der Waals surface area (Å²) in [5, 5.41) is 0. The second-order valence-corrected chi connectivity index (χ2v) is 5.60. The van der Waals surface area contributed by atoms with Gasteiger partial charge in [-0.1, -0.05) is 22.0 Å². The van der Waals surface area contributed by atoms with Crippen molar-refractivity contribution in [1.29, 1.82) is 0 Å². The molecule has 0 aliphatic carbocycles. The van der Waals surface area contributed by atoms with Crippen molar-refractivity contribution in [3.05, 3.63) is 34.3 Å². The molecule has 1 atom stereocenters. The number of nitrogens with zero attached hydrogens (tertiary/aromatic N) is 1. The second kappa shape index (κ2) is 6.34. The van der Waals surface area contributed by atoms with Gasteiger partial charge in [0.25, 0.3) is 5.91 Å². The highest BCUT2D eigenvalue weighted by Gasteiger charge is 2.19. The normalized spacial score (nSPS) is 19.6. The van der Waals surface area contributed by atoms with Crippen molar-refractivity contribution in [3.63, 3.8) is 0 Å². The minimum absolute atomic E-state index is 0.0467. The Balaban J connectivity index is 1.95. The van der Waals surface area contributed by atoms with Gasteiger partial charge < -0.3 is 9.64 Å². The van der Waals surface area contributed by atoms with Gasteiger partial charge in [-0.2, -0.15) is 0 Å². The molecule has 98 valence electrons. The summed E-state index contributed by atoms with van der Waals surface area (Å²) in [7, 11) is 1.83. The summed E-state index contributed by atoms with van der Waals surface area (Å²) < 4.78 is 6.58. The van der Waals surface area contributed by atoms with Gasteiger partial charge in [0, 0.05) is 30.2 Å². The molecule has 1 aromatic rings. The molecular formula is C14H18BrNO2. The zero-order valence-corrected chi connectivity index (χ0v) is 12.1. The highest BCUT2D eigenvalue weighted by molar-refractivity contribution is 9.10. The summed E-state index contributed by atoms with van der Waals surface area (Å²) in [5.41, 5.74) is 0.711.